The second-order valence-electron chi connectivity index (χ2n) is 5.99. The van der Waals surface area contributed by atoms with Gasteiger partial charge < -0.3 is 5.32 Å². The maximum atomic E-state index is 12.3. The fraction of sp³-hybridized carbons (Fsp3) is 0.278. The van der Waals surface area contributed by atoms with E-state index in [4.69, 9.17) is 0 Å². The molecule has 6 heteroatoms. The van der Waals surface area contributed by atoms with Crippen LogP contribution in [0, 0.1) is 13.8 Å². The monoisotopic (exact) mass is 346 g/mol. The van der Waals surface area contributed by atoms with Gasteiger partial charge in [-0.15, -0.1) is 0 Å². The van der Waals surface area contributed by atoms with Crippen molar-refractivity contribution in [2.75, 3.05) is 11.0 Å². The zero-order chi connectivity index (χ0) is 17.9. The average Bonchev–Trinajstić information content (AvgIpc) is 2.49. The number of amides is 1. The molecule has 0 saturated carbocycles. The average molecular weight is 346 g/mol. The van der Waals surface area contributed by atoms with Gasteiger partial charge in [0, 0.05) is 11.3 Å². The number of benzene rings is 2. The molecule has 0 fully saturated rings. The summed E-state index contributed by atoms with van der Waals surface area (Å²) >= 11 is 0. The third kappa shape index (κ3) is 4.83. The van der Waals surface area contributed by atoms with E-state index in [0.717, 1.165) is 11.8 Å². The smallest absolute Gasteiger partial charge is 0.251 e. The first-order valence-electron chi connectivity index (χ1n) is 7.61. The van der Waals surface area contributed by atoms with Crippen LogP contribution in [0.1, 0.15) is 40.0 Å². The van der Waals surface area contributed by atoms with Gasteiger partial charge in [0.2, 0.25) is 10.0 Å². The molecule has 1 atom stereocenters. The molecular weight excluding hydrogens is 324 g/mol. The predicted molar refractivity (Wildman–Crippen MR) is 96.7 cm³/mol. The van der Waals surface area contributed by atoms with Crippen LogP contribution in [0.3, 0.4) is 0 Å². The number of carbonyl (C=O) groups is 1. The Balaban J connectivity index is 2.07. The Kier molecular flexibility index (Phi) is 5.29. The van der Waals surface area contributed by atoms with E-state index in [1.54, 1.807) is 24.3 Å². The summed E-state index contributed by atoms with van der Waals surface area (Å²) in [5.41, 5.74) is 4.35. The minimum Gasteiger partial charge on any atom is -0.346 e. The molecular formula is C18H22N2O3S. The molecule has 0 spiro atoms. The van der Waals surface area contributed by atoms with Crippen molar-refractivity contribution in [3.05, 3.63) is 64.7 Å². The standard InChI is InChI=1S/C18H22N2O3S/c1-12-5-6-16(11-13(12)2)14(3)19-18(21)15-7-9-17(10-8-15)20-24(4,22)23/h5-11,14,20H,1-4H3,(H,19,21)/t14-/m1/s1. The van der Waals surface area contributed by atoms with Crippen LogP contribution in [0.4, 0.5) is 5.69 Å². The van der Waals surface area contributed by atoms with E-state index in [2.05, 4.69) is 23.0 Å². The summed E-state index contributed by atoms with van der Waals surface area (Å²) in [4.78, 5) is 12.3. The highest BCUT2D eigenvalue weighted by atomic mass is 32.2. The lowest BCUT2D eigenvalue weighted by atomic mass is 10.0. The summed E-state index contributed by atoms with van der Waals surface area (Å²) in [7, 11) is -3.32. The van der Waals surface area contributed by atoms with Gasteiger partial charge in [-0.25, -0.2) is 8.42 Å². The molecule has 0 bridgehead atoms. The van der Waals surface area contributed by atoms with E-state index < -0.39 is 10.0 Å². The van der Waals surface area contributed by atoms with Crippen LogP contribution in [0.25, 0.3) is 0 Å². The van der Waals surface area contributed by atoms with Crippen molar-refractivity contribution in [2.45, 2.75) is 26.8 Å². The predicted octanol–water partition coefficient (Wildman–Crippen LogP) is 3.17. The molecule has 24 heavy (non-hydrogen) atoms. The van der Waals surface area contributed by atoms with Gasteiger partial charge in [-0.3, -0.25) is 9.52 Å². The molecule has 0 radical (unpaired) electrons. The fourth-order valence-electron chi connectivity index (χ4n) is 2.30. The van der Waals surface area contributed by atoms with E-state index in [9.17, 15) is 13.2 Å². The maximum absolute atomic E-state index is 12.3. The zero-order valence-electron chi connectivity index (χ0n) is 14.3. The van der Waals surface area contributed by atoms with Gasteiger partial charge in [0.15, 0.2) is 0 Å². The largest absolute Gasteiger partial charge is 0.346 e. The summed E-state index contributed by atoms with van der Waals surface area (Å²) in [6.07, 6.45) is 1.08. The Hall–Kier alpha value is -2.34. The fourth-order valence-corrected chi connectivity index (χ4v) is 2.87. The van der Waals surface area contributed by atoms with Crippen LogP contribution in [0.5, 0.6) is 0 Å². The molecule has 2 rings (SSSR count). The first-order chi connectivity index (χ1) is 11.2. The molecule has 0 aliphatic heterocycles. The molecule has 128 valence electrons. The van der Waals surface area contributed by atoms with E-state index in [-0.39, 0.29) is 11.9 Å². The number of carbonyl (C=O) groups excluding carboxylic acids is 1. The van der Waals surface area contributed by atoms with Crippen molar-refractivity contribution in [2.24, 2.45) is 0 Å². The molecule has 2 N–H and O–H groups in total. The van der Waals surface area contributed by atoms with Crippen molar-refractivity contribution in [1.29, 1.82) is 0 Å². The molecule has 5 nitrogen and oxygen atoms in total. The molecule has 2 aromatic rings. The van der Waals surface area contributed by atoms with E-state index in [1.807, 2.05) is 26.0 Å². The summed E-state index contributed by atoms with van der Waals surface area (Å²) < 4.78 is 24.7. The van der Waals surface area contributed by atoms with Gasteiger partial charge >= 0.3 is 0 Å². The highest BCUT2D eigenvalue weighted by molar-refractivity contribution is 7.92. The van der Waals surface area contributed by atoms with Gasteiger partial charge in [-0.2, -0.15) is 0 Å². The number of anilines is 1. The van der Waals surface area contributed by atoms with E-state index in [1.165, 1.54) is 11.1 Å². The van der Waals surface area contributed by atoms with Crippen molar-refractivity contribution >= 4 is 21.6 Å². The zero-order valence-corrected chi connectivity index (χ0v) is 15.1. The van der Waals surface area contributed by atoms with Crippen LogP contribution in [-0.2, 0) is 10.0 Å². The van der Waals surface area contributed by atoms with Crippen molar-refractivity contribution < 1.29 is 13.2 Å². The molecule has 0 aliphatic rings. The first kappa shape index (κ1) is 18.0. The van der Waals surface area contributed by atoms with Crippen LogP contribution in [0.2, 0.25) is 0 Å². The Morgan fingerprint density at radius 3 is 2.17 bits per heavy atom. The van der Waals surface area contributed by atoms with Gasteiger partial charge in [-0.05, 0) is 61.7 Å². The second-order valence-corrected chi connectivity index (χ2v) is 7.74. The highest BCUT2D eigenvalue weighted by Crippen LogP contribution is 2.18. The molecule has 0 aliphatic carbocycles. The third-order valence-corrected chi connectivity index (χ3v) is 4.44. The quantitative estimate of drug-likeness (QED) is 0.873. The summed E-state index contributed by atoms with van der Waals surface area (Å²) in [5, 5.41) is 2.95. The van der Waals surface area contributed by atoms with Crippen LogP contribution in [0.15, 0.2) is 42.5 Å². The lowest BCUT2D eigenvalue weighted by Crippen LogP contribution is -2.26. The number of rotatable bonds is 5. The van der Waals surface area contributed by atoms with Crippen LogP contribution < -0.4 is 10.0 Å². The van der Waals surface area contributed by atoms with Gasteiger partial charge in [0.1, 0.15) is 0 Å². The molecule has 0 saturated heterocycles. The number of aryl methyl sites for hydroxylation is 2. The van der Waals surface area contributed by atoms with E-state index in [0.29, 0.717) is 11.3 Å². The minimum absolute atomic E-state index is 0.120. The lowest BCUT2D eigenvalue weighted by molar-refractivity contribution is 0.0940. The summed E-state index contributed by atoms with van der Waals surface area (Å²) in [5.74, 6) is -0.202. The van der Waals surface area contributed by atoms with Crippen molar-refractivity contribution in [3.8, 4) is 0 Å². The van der Waals surface area contributed by atoms with Crippen molar-refractivity contribution in [3.63, 3.8) is 0 Å². The van der Waals surface area contributed by atoms with Crippen molar-refractivity contribution in [1.82, 2.24) is 5.32 Å². The maximum Gasteiger partial charge on any atom is 0.251 e. The SMILES string of the molecule is Cc1ccc([C@@H](C)NC(=O)c2ccc(NS(C)(=O)=O)cc2)cc1C. The minimum atomic E-state index is -3.32. The topological polar surface area (TPSA) is 75.3 Å². The normalized spacial score (nSPS) is 12.5. The van der Waals surface area contributed by atoms with Crippen LogP contribution >= 0.6 is 0 Å². The molecule has 2 aromatic carbocycles. The molecule has 0 unspecified atom stereocenters. The van der Waals surface area contributed by atoms with Gasteiger partial charge in [0.05, 0.1) is 12.3 Å². The number of sulfonamides is 1. The third-order valence-electron chi connectivity index (χ3n) is 3.83. The molecule has 0 heterocycles. The second kappa shape index (κ2) is 7.05. The molecule has 0 aromatic heterocycles. The Labute approximate surface area is 143 Å². The molecule has 1 amide bonds. The first-order valence-corrected chi connectivity index (χ1v) is 9.51. The number of hydrogen-bond donors (Lipinski definition) is 2. The highest BCUT2D eigenvalue weighted by Gasteiger charge is 2.12. The van der Waals surface area contributed by atoms with Crippen LogP contribution in [-0.4, -0.2) is 20.6 Å². The van der Waals surface area contributed by atoms with Gasteiger partial charge in [-0.1, -0.05) is 18.2 Å². The Bertz CT molecular complexity index is 843. The summed E-state index contributed by atoms with van der Waals surface area (Å²) in [6.45, 7) is 6.02. The Morgan fingerprint density at radius 2 is 1.62 bits per heavy atom. The lowest BCUT2D eigenvalue weighted by Gasteiger charge is -2.16. The van der Waals surface area contributed by atoms with E-state index >= 15 is 0 Å². The number of hydrogen-bond acceptors (Lipinski definition) is 3. The summed E-state index contributed by atoms with van der Waals surface area (Å²) in [6, 6.07) is 12.3. The van der Waals surface area contributed by atoms with Gasteiger partial charge in [0.25, 0.3) is 5.91 Å². The number of nitrogens with one attached hydrogen (secondary N) is 2. The Morgan fingerprint density at radius 1 is 1.00 bits per heavy atom.